The molecule has 0 unspecified atom stereocenters. The highest BCUT2D eigenvalue weighted by atomic mass is 16.3. The van der Waals surface area contributed by atoms with E-state index in [0.29, 0.717) is 17.8 Å². The molecular formula is C19H25N3O3. The standard InChI is InChI=1S/C19H25N3O3/c1-13-18(15(3)23)14(2)20-19(13)17(24)12-22-8-6-21(7-9-22)11-16-5-4-10-25-16/h4-5,10,20H,6-9,11-12H2,1-3H3. The van der Waals surface area contributed by atoms with Gasteiger partial charge >= 0.3 is 0 Å². The van der Waals surface area contributed by atoms with Gasteiger partial charge in [-0.05, 0) is 38.5 Å². The Balaban J connectivity index is 1.56. The number of nitrogens with zero attached hydrogens (tertiary/aromatic N) is 2. The van der Waals surface area contributed by atoms with E-state index in [1.54, 1.807) is 6.26 Å². The van der Waals surface area contributed by atoms with Crippen molar-refractivity contribution in [3.8, 4) is 0 Å². The third-order valence-corrected chi connectivity index (χ3v) is 4.86. The molecule has 2 aromatic rings. The summed E-state index contributed by atoms with van der Waals surface area (Å²) in [7, 11) is 0. The second kappa shape index (κ2) is 7.37. The van der Waals surface area contributed by atoms with Gasteiger partial charge in [-0.1, -0.05) is 0 Å². The topological polar surface area (TPSA) is 69.6 Å². The SMILES string of the molecule is CC(=O)c1c(C)[nH]c(C(=O)CN2CCN(Cc3ccco3)CC2)c1C. The fourth-order valence-corrected chi connectivity index (χ4v) is 3.57. The number of rotatable bonds is 6. The lowest BCUT2D eigenvalue weighted by molar-refractivity contribution is 0.0829. The minimum atomic E-state index is -0.00293. The molecule has 0 amide bonds. The van der Waals surface area contributed by atoms with Gasteiger partial charge in [-0.2, -0.15) is 0 Å². The number of hydrogen-bond acceptors (Lipinski definition) is 5. The molecule has 1 aliphatic rings. The zero-order valence-electron chi connectivity index (χ0n) is 15.1. The van der Waals surface area contributed by atoms with Gasteiger partial charge in [0.1, 0.15) is 5.76 Å². The number of Topliss-reactive ketones (excluding diaryl/α,β-unsaturated/α-hetero) is 2. The maximum absolute atomic E-state index is 12.6. The summed E-state index contributed by atoms with van der Waals surface area (Å²) >= 11 is 0. The molecular weight excluding hydrogens is 318 g/mol. The first-order valence-electron chi connectivity index (χ1n) is 8.66. The monoisotopic (exact) mass is 343 g/mol. The van der Waals surface area contributed by atoms with E-state index in [-0.39, 0.29) is 11.6 Å². The Kier molecular flexibility index (Phi) is 5.20. The third-order valence-electron chi connectivity index (χ3n) is 4.86. The number of aromatic amines is 1. The number of furan rings is 1. The van der Waals surface area contributed by atoms with Crippen molar-refractivity contribution in [3.05, 3.63) is 46.7 Å². The van der Waals surface area contributed by atoms with E-state index >= 15 is 0 Å². The Morgan fingerprint density at radius 2 is 1.84 bits per heavy atom. The average Bonchev–Trinajstić information content (AvgIpc) is 3.17. The van der Waals surface area contributed by atoms with Crippen molar-refractivity contribution in [2.45, 2.75) is 27.3 Å². The molecule has 0 bridgehead atoms. The minimum Gasteiger partial charge on any atom is -0.468 e. The van der Waals surface area contributed by atoms with E-state index in [0.717, 1.165) is 49.7 Å². The Labute approximate surface area is 147 Å². The number of piperazine rings is 1. The van der Waals surface area contributed by atoms with Crippen LogP contribution in [0.2, 0.25) is 0 Å². The molecule has 6 nitrogen and oxygen atoms in total. The molecule has 3 heterocycles. The molecule has 1 saturated heterocycles. The Morgan fingerprint density at radius 1 is 1.16 bits per heavy atom. The summed E-state index contributed by atoms with van der Waals surface area (Å²) in [5.74, 6) is 1.02. The molecule has 1 aliphatic heterocycles. The van der Waals surface area contributed by atoms with Crippen LogP contribution < -0.4 is 0 Å². The Hall–Kier alpha value is -2.18. The summed E-state index contributed by atoms with van der Waals surface area (Å²) in [4.78, 5) is 32.0. The van der Waals surface area contributed by atoms with Crippen molar-refractivity contribution in [2.24, 2.45) is 0 Å². The number of H-pyrrole nitrogens is 1. The number of nitrogens with one attached hydrogen (secondary N) is 1. The number of hydrogen-bond donors (Lipinski definition) is 1. The zero-order chi connectivity index (χ0) is 18.0. The first kappa shape index (κ1) is 17.6. The normalized spacial score (nSPS) is 16.3. The lowest BCUT2D eigenvalue weighted by Crippen LogP contribution is -2.47. The van der Waals surface area contributed by atoms with E-state index < -0.39 is 0 Å². The number of carbonyl (C=O) groups excluding carboxylic acids is 2. The number of ketones is 2. The van der Waals surface area contributed by atoms with Crippen molar-refractivity contribution in [1.29, 1.82) is 0 Å². The predicted octanol–water partition coefficient (Wildman–Crippen LogP) is 2.43. The smallest absolute Gasteiger partial charge is 0.193 e. The predicted molar refractivity (Wildman–Crippen MR) is 95.0 cm³/mol. The quantitative estimate of drug-likeness (QED) is 0.816. The van der Waals surface area contributed by atoms with Crippen LogP contribution in [-0.4, -0.2) is 59.1 Å². The van der Waals surface area contributed by atoms with Gasteiger partial charge in [-0.3, -0.25) is 19.4 Å². The molecule has 0 radical (unpaired) electrons. The summed E-state index contributed by atoms with van der Waals surface area (Å²) in [6.07, 6.45) is 1.69. The minimum absolute atomic E-state index is 0.00293. The molecule has 1 N–H and O–H groups in total. The van der Waals surface area contributed by atoms with Crippen LogP contribution in [0.4, 0.5) is 0 Å². The highest BCUT2D eigenvalue weighted by molar-refractivity contribution is 6.03. The molecule has 0 aromatic carbocycles. The van der Waals surface area contributed by atoms with Gasteiger partial charge in [0.05, 0.1) is 25.0 Å². The lowest BCUT2D eigenvalue weighted by atomic mass is 10.1. The van der Waals surface area contributed by atoms with Gasteiger partial charge in [0, 0.05) is 37.4 Å². The van der Waals surface area contributed by atoms with Crippen LogP contribution in [0, 0.1) is 13.8 Å². The van der Waals surface area contributed by atoms with Gasteiger partial charge in [0.25, 0.3) is 0 Å². The first-order valence-corrected chi connectivity index (χ1v) is 8.66. The molecule has 0 saturated carbocycles. The largest absolute Gasteiger partial charge is 0.468 e. The summed E-state index contributed by atoms with van der Waals surface area (Å²) in [5.41, 5.74) is 2.76. The fraction of sp³-hybridized carbons (Fsp3) is 0.474. The molecule has 0 aliphatic carbocycles. The van der Waals surface area contributed by atoms with Gasteiger partial charge in [0.15, 0.2) is 11.6 Å². The molecule has 3 rings (SSSR count). The molecule has 6 heteroatoms. The maximum atomic E-state index is 12.6. The highest BCUT2D eigenvalue weighted by Gasteiger charge is 2.24. The van der Waals surface area contributed by atoms with E-state index in [4.69, 9.17) is 4.42 Å². The molecule has 1 fully saturated rings. The summed E-state index contributed by atoms with van der Waals surface area (Å²) < 4.78 is 5.39. The van der Waals surface area contributed by atoms with Crippen molar-refractivity contribution >= 4 is 11.6 Å². The number of aryl methyl sites for hydroxylation is 1. The van der Waals surface area contributed by atoms with Crippen molar-refractivity contribution in [3.63, 3.8) is 0 Å². The summed E-state index contributed by atoms with van der Waals surface area (Å²) in [6, 6.07) is 3.89. The van der Waals surface area contributed by atoms with Crippen LogP contribution in [0.15, 0.2) is 22.8 Å². The molecule has 0 atom stereocenters. The van der Waals surface area contributed by atoms with Crippen LogP contribution in [0.3, 0.4) is 0 Å². The Morgan fingerprint density at radius 3 is 2.40 bits per heavy atom. The highest BCUT2D eigenvalue weighted by Crippen LogP contribution is 2.19. The van der Waals surface area contributed by atoms with Gasteiger partial charge < -0.3 is 9.40 Å². The molecule has 134 valence electrons. The Bertz CT molecular complexity index is 753. The molecule has 2 aromatic heterocycles. The van der Waals surface area contributed by atoms with E-state index in [2.05, 4.69) is 14.8 Å². The van der Waals surface area contributed by atoms with Crippen molar-refractivity contribution < 1.29 is 14.0 Å². The maximum Gasteiger partial charge on any atom is 0.193 e. The fourth-order valence-electron chi connectivity index (χ4n) is 3.57. The van der Waals surface area contributed by atoms with Crippen LogP contribution in [0.5, 0.6) is 0 Å². The lowest BCUT2D eigenvalue weighted by Gasteiger charge is -2.33. The van der Waals surface area contributed by atoms with Crippen LogP contribution in [-0.2, 0) is 6.54 Å². The van der Waals surface area contributed by atoms with Crippen LogP contribution in [0.25, 0.3) is 0 Å². The third kappa shape index (κ3) is 3.91. The molecule has 0 spiro atoms. The van der Waals surface area contributed by atoms with Gasteiger partial charge in [-0.25, -0.2) is 0 Å². The van der Waals surface area contributed by atoms with E-state index in [1.165, 1.54) is 6.92 Å². The number of aromatic nitrogens is 1. The van der Waals surface area contributed by atoms with E-state index in [9.17, 15) is 9.59 Å². The zero-order valence-corrected chi connectivity index (χ0v) is 15.1. The first-order chi connectivity index (χ1) is 12.0. The second-order valence-corrected chi connectivity index (χ2v) is 6.74. The van der Waals surface area contributed by atoms with Crippen molar-refractivity contribution in [2.75, 3.05) is 32.7 Å². The van der Waals surface area contributed by atoms with Gasteiger partial charge in [0.2, 0.25) is 0 Å². The second-order valence-electron chi connectivity index (χ2n) is 6.74. The average molecular weight is 343 g/mol. The number of carbonyl (C=O) groups is 2. The summed E-state index contributed by atoms with van der Waals surface area (Å²) in [6.45, 7) is 9.94. The van der Waals surface area contributed by atoms with Crippen molar-refractivity contribution in [1.82, 2.24) is 14.8 Å². The van der Waals surface area contributed by atoms with Gasteiger partial charge in [-0.15, -0.1) is 0 Å². The van der Waals surface area contributed by atoms with E-state index in [1.807, 2.05) is 26.0 Å². The molecule has 25 heavy (non-hydrogen) atoms. The summed E-state index contributed by atoms with van der Waals surface area (Å²) in [5, 5.41) is 0. The van der Waals surface area contributed by atoms with Crippen LogP contribution >= 0.6 is 0 Å². The van der Waals surface area contributed by atoms with Crippen LogP contribution in [0.1, 0.15) is 44.8 Å².